The summed E-state index contributed by atoms with van der Waals surface area (Å²) >= 11 is 7.52. The number of ether oxygens (including phenoxy) is 3. The molecule has 0 spiro atoms. The van der Waals surface area contributed by atoms with Gasteiger partial charge in [0.1, 0.15) is 34.3 Å². The summed E-state index contributed by atoms with van der Waals surface area (Å²) in [4.78, 5) is 30.9. The van der Waals surface area contributed by atoms with Crippen LogP contribution >= 0.6 is 22.9 Å². The Hall–Kier alpha value is -3.68. The summed E-state index contributed by atoms with van der Waals surface area (Å²) in [5.41, 5.74) is 2.28. The van der Waals surface area contributed by atoms with Crippen LogP contribution in [0.2, 0.25) is 5.02 Å². The van der Waals surface area contributed by atoms with Crippen molar-refractivity contribution in [1.29, 1.82) is 0 Å². The van der Waals surface area contributed by atoms with Gasteiger partial charge < -0.3 is 14.2 Å². The summed E-state index contributed by atoms with van der Waals surface area (Å²) in [6, 6.07) is 8.86. The minimum atomic E-state index is -4.88. The zero-order valence-corrected chi connectivity index (χ0v) is 29.1. The van der Waals surface area contributed by atoms with Gasteiger partial charge in [0.2, 0.25) is 0 Å². The Morgan fingerprint density at radius 1 is 1.09 bits per heavy atom. The average molecular weight is 694 g/mol. The predicted molar refractivity (Wildman–Crippen MR) is 175 cm³/mol. The molecule has 1 unspecified atom stereocenters. The Morgan fingerprint density at radius 2 is 1.74 bits per heavy atom. The molecule has 14 heteroatoms. The fourth-order valence-corrected chi connectivity index (χ4v) is 6.82. The maximum absolute atomic E-state index is 15.7. The van der Waals surface area contributed by atoms with Crippen LogP contribution in [0.1, 0.15) is 59.1 Å². The molecular weight excluding hydrogens is 657 g/mol. The second-order valence-corrected chi connectivity index (χ2v) is 15.5. The molecule has 0 saturated heterocycles. The first-order valence-corrected chi connectivity index (χ1v) is 17.2. The largest absolute Gasteiger partial charge is 0.489 e. The molecule has 10 nitrogen and oxygen atoms in total. The summed E-state index contributed by atoms with van der Waals surface area (Å²) in [6.07, 6.45) is 0.792. The maximum Gasteiger partial charge on any atom is 0.430 e. The van der Waals surface area contributed by atoms with E-state index >= 15 is 4.39 Å². The minimum absolute atomic E-state index is 0.146. The van der Waals surface area contributed by atoms with Gasteiger partial charge in [-0.3, -0.25) is 4.90 Å². The highest BCUT2D eigenvalue weighted by Gasteiger charge is 2.39. The van der Waals surface area contributed by atoms with Crippen LogP contribution in [0.25, 0.3) is 5.57 Å². The number of benzene rings is 2. The van der Waals surface area contributed by atoms with Crippen LogP contribution in [-0.2, 0) is 19.5 Å². The molecule has 1 aliphatic rings. The van der Waals surface area contributed by atoms with E-state index in [1.54, 1.807) is 46.4 Å². The maximum atomic E-state index is 15.7. The summed E-state index contributed by atoms with van der Waals surface area (Å²) in [5.74, 6) is -1.64. The number of hydrogen-bond donors (Lipinski definition) is 0. The molecule has 0 saturated carbocycles. The van der Waals surface area contributed by atoms with Crippen molar-refractivity contribution in [1.82, 2.24) is 9.88 Å². The number of amides is 2. The fraction of sp³-hybridized carbons (Fsp3) is 0.406. The lowest BCUT2D eigenvalue weighted by Gasteiger charge is -2.37. The molecule has 248 valence electrons. The highest BCUT2D eigenvalue weighted by Crippen LogP contribution is 2.35. The zero-order valence-electron chi connectivity index (χ0n) is 26.7. The van der Waals surface area contributed by atoms with Crippen LogP contribution in [0, 0.1) is 12.7 Å². The Morgan fingerprint density at radius 3 is 2.33 bits per heavy atom. The van der Waals surface area contributed by atoms with Crippen molar-refractivity contribution in [3.8, 4) is 5.75 Å². The number of hydrogen-bond acceptors (Lipinski definition) is 9. The van der Waals surface area contributed by atoms with Gasteiger partial charge in [-0.2, -0.15) is 0 Å². The van der Waals surface area contributed by atoms with E-state index < -0.39 is 50.2 Å². The molecule has 1 aromatic heterocycles. The van der Waals surface area contributed by atoms with Gasteiger partial charge in [-0.05, 0) is 72.1 Å². The molecule has 3 aromatic rings. The van der Waals surface area contributed by atoms with Crippen LogP contribution in [0.15, 0.2) is 58.3 Å². The van der Waals surface area contributed by atoms with Gasteiger partial charge in [0.05, 0.1) is 16.6 Å². The van der Waals surface area contributed by atoms with Crippen molar-refractivity contribution in [2.45, 2.75) is 77.0 Å². The average Bonchev–Trinajstić information content (AvgIpc) is 3.45. The number of nitrogens with zero attached hydrogens (tertiary/aromatic N) is 3. The Balaban J connectivity index is 1.67. The van der Waals surface area contributed by atoms with E-state index in [9.17, 15) is 18.0 Å². The molecule has 2 heterocycles. The van der Waals surface area contributed by atoms with E-state index in [0.29, 0.717) is 17.3 Å². The van der Waals surface area contributed by atoms with Crippen LogP contribution in [-0.4, -0.2) is 60.9 Å². The lowest BCUT2D eigenvalue weighted by molar-refractivity contribution is 0.0162. The molecule has 2 amide bonds. The standard InChI is InChI=1S/C32H37ClFN3O7S2/c1-20-10-12-21(13-11-20)22-9-8-14-36(29(38)43-31(2,3)4)25(22)17-42-26-16-24(34)27(15-23(26)33)46(40,41)37(28-18-45-19-35-28)30(39)44-32(5,6)7/h9-13,15-16,18-19,25H,8,14,17H2,1-7H3. The first kappa shape index (κ1) is 35.2. The molecule has 1 atom stereocenters. The molecular formula is C32H37ClFN3O7S2. The van der Waals surface area contributed by atoms with Gasteiger partial charge in [0.15, 0.2) is 5.82 Å². The highest BCUT2D eigenvalue weighted by molar-refractivity contribution is 7.93. The van der Waals surface area contributed by atoms with Gasteiger partial charge in [-0.1, -0.05) is 47.5 Å². The molecule has 1 aliphatic heterocycles. The molecule has 0 aliphatic carbocycles. The van der Waals surface area contributed by atoms with Crippen LogP contribution in [0.4, 0.5) is 19.8 Å². The highest BCUT2D eigenvalue weighted by atomic mass is 35.5. The molecule has 0 N–H and O–H groups in total. The molecule has 0 radical (unpaired) electrons. The third kappa shape index (κ3) is 8.37. The topological polar surface area (TPSA) is 115 Å². The van der Waals surface area contributed by atoms with Gasteiger partial charge in [-0.25, -0.2) is 27.4 Å². The number of halogens is 2. The predicted octanol–water partition coefficient (Wildman–Crippen LogP) is 7.85. The smallest absolute Gasteiger partial charge is 0.430 e. The van der Waals surface area contributed by atoms with Crippen LogP contribution in [0.3, 0.4) is 0 Å². The number of rotatable bonds is 7. The number of carbonyl (C=O) groups is 2. The van der Waals surface area contributed by atoms with E-state index in [1.807, 2.05) is 37.3 Å². The third-order valence-corrected chi connectivity index (χ3v) is 9.13. The van der Waals surface area contributed by atoms with E-state index in [0.717, 1.165) is 40.2 Å². The molecule has 46 heavy (non-hydrogen) atoms. The molecule has 0 bridgehead atoms. The third-order valence-electron chi connectivity index (χ3n) is 6.57. The van der Waals surface area contributed by atoms with Crippen molar-refractivity contribution in [2.24, 2.45) is 0 Å². The first-order chi connectivity index (χ1) is 21.4. The summed E-state index contributed by atoms with van der Waals surface area (Å²) in [6.45, 7) is 12.2. The number of aryl methyl sites for hydroxylation is 1. The normalized spacial score (nSPS) is 15.6. The SMILES string of the molecule is Cc1ccc(C2=CCCN(C(=O)OC(C)(C)C)C2COc2cc(F)c(S(=O)(=O)N(C(=O)OC(C)(C)C)c3cscn3)cc2Cl)cc1. The Labute approximate surface area is 277 Å². The summed E-state index contributed by atoms with van der Waals surface area (Å²) < 4.78 is 60.3. The minimum Gasteiger partial charge on any atom is -0.489 e. The number of carbonyl (C=O) groups excluding carboxylic acids is 2. The fourth-order valence-electron chi connectivity index (χ4n) is 4.60. The number of thiazole rings is 1. The lowest BCUT2D eigenvalue weighted by Crippen LogP contribution is -2.48. The Kier molecular flexibility index (Phi) is 10.4. The van der Waals surface area contributed by atoms with E-state index in [2.05, 4.69) is 4.98 Å². The second kappa shape index (κ2) is 13.6. The first-order valence-electron chi connectivity index (χ1n) is 14.4. The number of sulfonamides is 1. The van der Waals surface area contributed by atoms with Crippen molar-refractivity contribution in [2.75, 3.05) is 17.5 Å². The zero-order chi connectivity index (χ0) is 34.0. The van der Waals surface area contributed by atoms with Gasteiger partial charge >= 0.3 is 12.2 Å². The lowest BCUT2D eigenvalue weighted by atomic mass is 9.93. The number of aromatic nitrogens is 1. The van der Waals surface area contributed by atoms with Crippen LogP contribution in [0.5, 0.6) is 5.75 Å². The van der Waals surface area contributed by atoms with Crippen molar-refractivity contribution in [3.63, 3.8) is 0 Å². The quantitative estimate of drug-likeness (QED) is 0.246. The van der Waals surface area contributed by atoms with Crippen molar-refractivity contribution >= 4 is 56.5 Å². The summed E-state index contributed by atoms with van der Waals surface area (Å²) in [5, 5.41) is 1.08. The Bertz CT molecular complexity index is 1720. The van der Waals surface area contributed by atoms with Gasteiger partial charge in [0, 0.05) is 18.0 Å². The second-order valence-electron chi connectivity index (χ2n) is 12.6. The van der Waals surface area contributed by atoms with Crippen LogP contribution < -0.4 is 9.04 Å². The van der Waals surface area contributed by atoms with E-state index in [-0.39, 0.29) is 23.2 Å². The monoisotopic (exact) mass is 693 g/mol. The number of anilines is 1. The summed E-state index contributed by atoms with van der Waals surface area (Å²) in [7, 11) is -4.88. The van der Waals surface area contributed by atoms with Gasteiger partial charge in [-0.15, -0.1) is 15.6 Å². The van der Waals surface area contributed by atoms with E-state index in [4.69, 9.17) is 25.8 Å². The van der Waals surface area contributed by atoms with Crippen molar-refractivity contribution in [3.05, 3.63) is 75.3 Å². The van der Waals surface area contributed by atoms with Gasteiger partial charge in [0.25, 0.3) is 10.0 Å². The van der Waals surface area contributed by atoms with Crippen molar-refractivity contribution < 1.29 is 36.6 Å². The van der Waals surface area contributed by atoms with E-state index in [1.165, 1.54) is 10.9 Å². The molecule has 2 aromatic carbocycles. The molecule has 0 fully saturated rings. The molecule has 4 rings (SSSR count).